The molecule has 27 heteroatoms. The number of esters is 1. The Morgan fingerprint density at radius 3 is 1.08 bits per heavy atom. The third kappa shape index (κ3) is 32.7. The predicted molar refractivity (Wildman–Crippen MR) is 504 cm³/mol. The summed E-state index contributed by atoms with van der Waals surface area (Å²) in [5, 5.41) is 19.3. The highest BCUT2D eigenvalue weighted by molar-refractivity contribution is 7.60. The molecule has 0 bridgehead atoms. The van der Waals surface area contributed by atoms with Crippen LogP contribution in [0.3, 0.4) is 0 Å². The van der Waals surface area contributed by atoms with Gasteiger partial charge < -0.3 is 40.5 Å². The Hall–Kier alpha value is -10.1. The number of nitrogens with two attached hydrogens (primary N) is 1. The van der Waals surface area contributed by atoms with Crippen LogP contribution < -0.4 is 41.3 Å². The number of amides is 4. The molecule has 4 amide bonds. The van der Waals surface area contributed by atoms with Crippen molar-refractivity contribution >= 4 is 160 Å². The molecule has 22 nitrogen and oxygen atoms in total. The van der Waals surface area contributed by atoms with Gasteiger partial charge in [0.25, 0.3) is 0 Å². The van der Waals surface area contributed by atoms with Gasteiger partial charge in [-0.1, -0.05) is 200 Å². The fourth-order valence-electron chi connectivity index (χ4n) is 14.4. The van der Waals surface area contributed by atoms with Crippen molar-refractivity contribution in [2.45, 2.75) is 174 Å². The third-order valence-electron chi connectivity index (χ3n) is 20.0. The highest BCUT2D eigenvalue weighted by atomic mass is 32.1. The van der Waals surface area contributed by atoms with Crippen LogP contribution in [-0.4, -0.2) is 150 Å². The molecule has 7 atom stereocenters. The van der Waals surface area contributed by atoms with E-state index in [0.717, 1.165) is 74.5 Å². The van der Waals surface area contributed by atoms with E-state index in [1.165, 1.54) is 37.5 Å². The summed E-state index contributed by atoms with van der Waals surface area (Å²) in [6.45, 7) is 11.9. The number of nitrogens with zero attached hydrogens (tertiary/aromatic N) is 4. The number of hydrogen-bond acceptors (Lipinski definition) is 17. The van der Waals surface area contributed by atoms with E-state index < -0.39 is 42.2 Å². The van der Waals surface area contributed by atoms with Crippen molar-refractivity contribution in [2.24, 2.45) is 5.73 Å². The minimum absolute atomic E-state index is 0. The van der Waals surface area contributed by atoms with E-state index in [9.17, 15) is 62.6 Å². The maximum absolute atomic E-state index is 13.4. The molecule has 0 aliphatic carbocycles. The number of hydrogen-bond donors (Lipinski definition) is 5. The molecule has 0 saturated heterocycles. The Kier molecular flexibility index (Phi) is 47.2. The minimum Gasteiger partial charge on any atom is -0.480 e. The molecule has 648 valence electrons. The zero-order valence-corrected chi connectivity index (χ0v) is 74.8. The van der Waals surface area contributed by atoms with Crippen LogP contribution in [0.25, 0.3) is 0 Å². The standard InChI is InChI=1S/C25H30N2O4.C23H26N2O4.C23H26N2O3.C13H16N2O2.C10H10O.5H2S/c1-3-31-25(30)22(15-13-19-9-5-4-6-10-19)26-21-16-14-20-11-7-8-12-23(20)27(24(21)29)17-18(2)28;1-16(26)15-25-21-10-6-5-9-18(21)12-14-19(22(25)27)24-20(23(28)29)13-11-17-7-3-2-4-8-17;1-16(14-22(27)19-9-4-3-5-10-19)24-20-13-12-18-8-6-7-11-21(18)25(23(20)28)15-17(2)26;1-9(16)8-15-12-5-3-2-4-10(12)6-7-11(14)13(15)17;1-2-6-10(11)9-7-4-3-5-8-9;;;;;/h4-12,21-22,26H,3,13-17H2,1-2H3;2-10,19-20,24H,11-15H2,1H3,(H,28,29);3-11,16,20,24H,12-15H2,1-2H3;2-5,11H,6-8,14H2,1H3;2-8H,1H3;5*1H2/b;;;;6-2+;;;;;/t21-,22-;19-,20?;16?,20-;11-;;;;;;/m0000....../s1. The van der Waals surface area contributed by atoms with Crippen LogP contribution in [0, 0.1) is 0 Å². The van der Waals surface area contributed by atoms with Crippen LogP contribution in [-0.2, 0) is 91.2 Å². The second-order valence-corrected chi connectivity index (χ2v) is 29.3. The molecule has 8 aromatic rings. The summed E-state index contributed by atoms with van der Waals surface area (Å²) in [5.41, 5.74) is 16.7. The van der Waals surface area contributed by atoms with Gasteiger partial charge in [-0.2, -0.15) is 67.5 Å². The van der Waals surface area contributed by atoms with Gasteiger partial charge in [-0.05, 0) is 189 Å². The second kappa shape index (κ2) is 54.3. The minimum atomic E-state index is -0.978. The van der Waals surface area contributed by atoms with Gasteiger partial charge in [0.1, 0.15) is 35.2 Å². The number of fused-ring (bicyclic) bond motifs is 4. The number of para-hydroxylation sites is 4. The number of carboxylic acids is 1. The van der Waals surface area contributed by atoms with Crippen molar-refractivity contribution in [3.63, 3.8) is 0 Å². The maximum Gasteiger partial charge on any atom is 0.323 e. The number of allylic oxidation sites excluding steroid dienone is 2. The van der Waals surface area contributed by atoms with E-state index in [0.29, 0.717) is 76.2 Å². The molecule has 8 aromatic carbocycles. The van der Waals surface area contributed by atoms with Gasteiger partial charge in [0.05, 0.1) is 57.0 Å². The van der Waals surface area contributed by atoms with Gasteiger partial charge in [-0.15, -0.1) is 0 Å². The lowest BCUT2D eigenvalue weighted by Crippen LogP contribution is -2.53. The SMILES string of the molecule is C/C=C/C(=O)c1ccccc1.CC(=O)CN1C(=O)[C@@H](N)CCc2ccccc21.CC(=O)CN1C(=O)[C@@H](NC(C)CC(=O)c2ccccc2)CCc2ccccc21.CC(=O)CN1C(=O)[C@@H](NC(CCc2ccccc2)C(=O)O)CCc2ccccc21.CCOC(=O)[C@H](CCc1ccccc1)N[C@H]1CCc2ccccc2N(CC(C)=O)C1=O.S.S.S.S.S. The quantitative estimate of drug-likeness (QED) is 0.0173. The fraction of sp³-hybridized carbons (Fsp3) is 0.340. The van der Waals surface area contributed by atoms with Gasteiger partial charge in [-0.25, -0.2) is 0 Å². The lowest BCUT2D eigenvalue weighted by atomic mass is 10.0. The first-order valence-electron chi connectivity index (χ1n) is 39.7. The number of rotatable bonds is 28. The van der Waals surface area contributed by atoms with Crippen LogP contribution in [0.2, 0.25) is 0 Å². The predicted octanol–water partition coefficient (Wildman–Crippen LogP) is 12.7. The first-order valence-corrected chi connectivity index (χ1v) is 39.7. The molecule has 6 N–H and O–H groups in total. The van der Waals surface area contributed by atoms with Crippen molar-refractivity contribution in [3.8, 4) is 0 Å². The average Bonchev–Trinajstić information content (AvgIpc) is 1.72. The van der Waals surface area contributed by atoms with Crippen molar-refractivity contribution < 1.29 is 67.4 Å². The Bertz CT molecular complexity index is 4720. The van der Waals surface area contributed by atoms with Crippen molar-refractivity contribution in [3.05, 3.63) is 275 Å². The normalized spacial score (nSPS) is 16.3. The summed E-state index contributed by atoms with van der Waals surface area (Å²) in [7, 11) is 0. The number of Topliss-reactive ketones (excluding diaryl/α,β-unsaturated/α-hetero) is 5. The van der Waals surface area contributed by atoms with Crippen LogP contribution >= 0.6 is 67.5 Å². The first kappa shape index (κ1) is 105. The van der Waals surface area contributed by atoms with E-state index in [2.05, 4.69) is 16.0 Å². The third-order valence-corrected chi connectivity index (χ3v) is 20.0. The highest BCUT2D eigenvalue weighted by Crippen LogP contribution is 2.32. The smallest absolute Gasteiger partial charge is 0.323 e. The lowest BCUT2D eigenvalue weighted by Gasteiger charge is -2.27. The summed E-state index contributed by atoms with van der Waals surface area (Å²) in [5.74, 6) is -2.24. The van der Waals surface area contributed by atoms with Gasteiger partial charge >= 0.3 is 11.9 Å². The number of aryl methyl sites for hydroxylation is 6. The van der Waals surface area contributed by atoms with Gasteiger partial charge in [0, 0.05) is 46.3 Å². The van der Waals surface area contributed by atoms with Crippen molar-refractivity contribution in [1.29, 1.82) is 0 Å². The average molecular weight is 1740 g/mol. The summed E-state index contributed by atoms with van der Waals surface area (Å²) < 4.78 is 5.27. The number of carboxylic acid groups (broad SMARTS) is 1. The molecule has 0 radical (unpaired) electrons. The largest absolute Gasteiger partial charge is 0.480 e. The maximum atomic E-state index is 13.4. The zero-order valence-electron chi connectivity index (χ0n) is 69.8. The summed E-state index contributed by atoms with van der Waals surface area (Å²) >= 11 is 0. The Morgan fingerprint density at radius 2 is 0.736 bits per heavy atom. The summed E-state index contributed by atoms with van der Waals surface area (Å²) in [6.07, 6.45) is 10.9. The van der Waals surface area contributed by atoms with Crippen molar-refractivity contribution in [2.75, 3.05) is 52.4 Å². The van der Waals surface area contributed by atoms with Crippen molar-refractivity contribution in [1.82, 2.24) is 16.0 Å². The Balaban J connectivity index is 0.000000400. The van der Waals surface area contributed by atoms with Crippen LogP contribution in [0.1, 0.15) is 148 Å². The monoisotopic (exact) mass is 1740 g/mol. The van der Waals surface area contributed by atoms with Crippen LogP contribution in [0.15, 0.2) is 231 Å². The molecule has 4 aliphatic rings. The fourth-order valence-corrected chi connectivity index (χ4v) is 14.4. The number of carbonyl (C=O) groups is 12. The van der Waals surface area contributed by atoms with E-state index in [1.807, 2.05) is 220 Å². The van der Waals surface area contributed by atoms with Crippen LogP contribution in [0.4, 0.5) is 22.7 Å². The number of nitrogens with one attached hydrogen (secondary N) is 3. The number of aliphatic carboxylic acids is 1. The van der Waals surface area contributed by atoms with Crippen LogP contribution in [0.5, 0.6) is 0 Å². The Labute approximate surface area is 746 Å². The molecule has 0 fully saturated rings. The molecule has 12 rings (SSSR count). The lowest BCUT2D eigenvalue weighted by molar-refractivity contribution is -0.146. The topological polar surface area (TPSA) is 309 Å². The van der Waals surface area contributed by atoms with E-state index >= 15 is 0 Å². The summed E-state index contributed by atoms with van der Waals surface area (Å²) in [4.78, 5) is 153. The number of carbonyl (C=O) groups excluding carboxylic acids is 11. The first-order chi connectivity index (χ1) is 55.8. The van der Waals surface area contributed by atoms with E-state index in [1.54, 1.807) is 41.0 Å². The highest BCUT2D eigenvalue weighted by Gasteiger charge is 2.37. The molecule has 0 aromatic heterocycles. The van der Waals surface area contributed by atoms with Gasteiger partial charge in [-0.3, -0.25) is 68.2 Å². The number of ketones is 6. The summed E-state index contributed by atoms with van der Waals surface area (Å²) in [6, 6.07) is 64.8. The molecule has 0 saturated carbocycles. The molecule has 0 spiro atoms. The molecule has 121 heavy (non-hydrogen) atoms. The molecule has 2 unspecified atom stereocenters. The van der Waals surface area contributed by atoms with E-state index in [4.69, 9.17) is 10.5 Å². The molecule has 4 heterocycles. The zero-order chi connectivity index (χ0) is 83.6. The second-order valence-electron chi connectivity index (χ2n) is 29.3. The molecular formula is C94H118N8O14S5. The number of anilines is 4. The van der Waals surface area contributed by atoms with Gasteiger partial charge in [0.15, 0.2) is 11.6 Å². The number of benzene rings is 8. The molecule has 4 aliphatic heterocycles. The number of ether oxygens (including phenoxy) is 1. The Morgan fingerprint density at radius 1 is 0.430 bits per heavy atom. The van der Waals surface area contributed by atoms with E-state index in [-0.39, 0.29) is 171 Å². The van der Waals surface area contributed by atoms with Gasteiger partial charge in [0.2, 0.25) is 23.6 Å². The molecular weight excluding hydrogens is 1630 g/mol.